The minimum atomic E-state index is 0.628. The van der Waals surface area contributed by atoms with E-state index < -0.39 is 0 Å². The normalized spacial score (nSPS) is 10.8. The van der Waals surface area contributed by atoms with Crippen LogP contribution in [-0.4, -0.2) is 4.98 Å². The molecule has 0 atom stereocenters. The molecule has 0 aliphatic carbocycles. The average Bonchev–Trinajstić information content (AvgIpc) is 3.31. The van der Waals surface area contributed by atoms with Crippen LogP contribution < -0.4 is 0 Å². The zero-order chi connectivity index (χ0) is 19.5. The molecule has 0 amide bonds. The van der Waals surface area contributed by atoms with Gasteiger partial charge in [0.1, 0.15) is 12.0 Å². The Balaban J connectivity index is 1.48. The highest BCUT2D eigenvalue weighted by Crippen LogP contribution is 2.30. The lowest BCUT2D eigenvalue weighted by Gasteiger charge is -2.04. The fraction of sp³-hybridized carbons (Fsp3) is 0. The van der Waals surface area contributed by atoms with Gasteiger partial charge in [-0.15, -0.1) is 0 Å². The highest BCUT2D eigenvalue weighted by Gasteiger charge is 2.10. The molecule has 0 spiro atoms. The van der Waals surface area contributed by atoms with Crippen molar-refractivity contribution in [3.05, 3.63) is 115 Å². The van der Waals surface area contributed by atoms with Gasteiger partial charge in [0.05, 0.1) is 0 Å². The summed E-state index contributed by atoms with van der Waals surface area (Å²) in [4.78, 5) is 4.75. The lowest BCUT2D eigenvalue weighted by atomic mass is 10.0. The second-order valence-electron chi connectivity index (χ2n) is 6.93. The van der Waals surface area contributed by atoms with Crippen molar-refractivity contribution in [2.45, 2.75) is 0 Å². The third-order valence-corrected chi connectivity index (χ3v) is 4.99. The van der Waals surface area contributed by atoms with Crippen molar-refractivity contribution in [2.75, 3.05) is 0 Å². The van der Waals surface area contributed by atoms with Crippen LogP contribution >= 0.6 is 0 Å². The molecule has 0 N–H and O–H groups in total. The van der Waals surface area contributed by atoms with E-state index in [4.69, 9.17) is 9.40 Å². The topological polar surface area (TPSA) is 26.0 Å². The first-order chi connectivity index (χ1) is 14.4. The summed E-state index contributed by atoms with van der Waals surface area (Å²) in [6, 6.07) is 37.4. The Morgan fingerprint density at radius 3 is 1.55 bits per heavy atom. The summed E-state index contributed by atoms with van der Waals surface area (Å²) in [5.74, 6) is 0.628. The third-order valence-electron chi connectivity index (χ3n) is 4.99. The molecule has 1 heterocycles. The monoisotopic (exact) mass is 373 g/mol. The molecule has 0 unspecified atom stereocenters. The van der Waals surface area contributed by atoms with E-state index in [1.807, 2.05) is 36.4 Å². The number of nitrogens with zero attached hydrogens (tertiary/aromatic N) is 1. The van der Waals surface area contributed by atoms with E-state index in [1.165, 1.54) is 16.7 Å². The smallest absolute Gasteiger partial charge is 0.226 e. The van der Waals surface area contributed by atoms with Gasteiger partial charge in [0.15, 0.2) is 0 Å². The number of hydrogen-bond donors (Lipinski definition) is 0. The molecule has 5 aromatic rings. The van der Waals surface area contributed by atoms with Gasteiger partial charge in [-0.25, -0.2) is 4.98 Å². The standard InChI is InChI=1S/C27H19NO/c1-3-9-20(10-4-1)22-13-7-15-24(17-22)26-19-29-27(28-26)25-16-8-14-23(18-25)21-11-5-2-6-12-21/h1-19H. The van der Waals surface area contributed by atoms with E-state index in [0.717, 1.165) is 22.4 Å². The van der Waals surface area contributed by atoms with Crippen molar-refractivity contribution in [3.63, 3.8) is 0 Å². The second-order valence-corrected chi connectivity index (χ2v) is 6.93. The largest absolute Gasteiger partial charge is 0.444 e. The van der Waals surface area contributed by atoms with Gasteiger partial charge in [0.25, 0.3) is 0 Å². The summed E-state index contributed by atoms with van der Waals surface area (Å²) in [7, 11) is 0. The van der Waals surface area contributed by atoms with Gasteiger partial charge < -0.3 is 4.42 Å². The maximum Gasteiger partial charge on any atom is 0.226 e. The van der Waals surface area contributed by atoms with Crippen LogP contribution in [-0.2, 0) is 0 Å². The summed E-state index contributed by atoms with van der Waals surface area (Å²) < 4.78 is 5.83. The van der Waals surface area contributed by atoms with Crippen LogP contribution in [0.15, 0.2) is 120 Å². The second kappa shape index (κ2) is 7.61. The van der Waals surface area contributed by atoms with E-state index in [-0.39, 0.29) is 0 Å². The van der Waals surface area contributed by atoms with Crippen LogP contribution in [0.25, 0.3) is 45.0 Å². The van der Waals surface area contributed by atoms with Crippen molar-refractivity contribution in [1.82, 2.24) is 4.98 Å². The summed E-state index contributed by atoms with van der Waals surface area (Å²) in [5, 5.41) is 0. The molecule has 0 radical (unpaired) electrons. The Labute approximate surface area is 170 Å². The summed E-state index contributed by atoms with van der Waals surface area (Å²) in [5.41, 5.74) is 7.53. The van der Waals surface area contributed by atoms with Gasteiger partial charge in [-0.05, 0) is 40.5 Å². The van der Waals surface area contributed by atoms with E-state index in [2.05, 4.69) is 72.8 Å². The van der Waals surface area contributed by atoms with E-state index >= 15 is 0 Å². The van der Waals surface area contributed by atoms with Gasteiger partial charge in [-0.3, -0.25) is 0 Å². The molecular formula is C27H19NO. The molecule has 138 valence electrons. The van der Waals surface area contributed by atoms with Crippen LogP contribution in [0, 0.1) is 0 Å². The Morgan fingerprint density at radius 2 is 0.931 bits per heavy atom. The predicted octanol–water partition coefficient (Wildman–Crippen LogP) is 7.34. The summed E-state index contributed by atoms with van der Waals surface area (Å²) in [6.07, 6.45) is 1.73. The zero-order valence-corrected chi connectivity index (χ0v) is 15.8. The van der Waals surface area contributed by atoms with Gasteiger partial charge in [-0.1, -0.05) is 91.0 Å². The van der Waals surface area contributed by atoms with Gasteiger partial charge in [0.2, 0.25) is 5.89 Å². The molecule has 0 saturated heterocycles. The molecule has 2 heteroatoms. The fourth-order valence-electron chi connectivity index (χ4n) is 3.49. The first kappa shape index (κ1) is 17.2. The predicted molar refractivity (Wildman–Crippen MR) is 118 cm³/mol. The number of oxazole rings is 1. The van der Waals surface area contributed by atoms with E-state index in [1.54, 1.807) is 6.26 Å². The Kier molecular flexibility index (Phi) is 4.51. The van der Waals surface area contributed by atoms with Crippen LogP contribution in [0.4, 0.5) is 0 Å². The average molecular weight is 373 g/mol. The SMILES string of the molecule is c1ccc(-c2cccc(-c3coc(-c4cccc(-c5ccccc5)c4)n3)c2)cc1. The third kappa shape index (κ3) is 3.61. The molecule has 0 aliphatic heterocycles. The molecule has 1 aromatic heterocycles. The molecule has 0 bridgehead atoms. The number of benzene rings is 4. The minimum absolute atomic E-state index is 0.628. The fourth-order valence-corrected chi connectivity index (χ4v) is 3.49. The summed E-state index contributed by atoms with van der Waals surface area (Å²) >= 11 is 0. The molecule has 2 nitrogen and oxygen atoms in total. The van der Waals surface area contributed by atoms with Crippen LogP contribution in [0.3, 0.4) is 0 Å². The molecule has 0 aliphatic rings. The lowest BCUT2D eigenvalue weighted by Crippen LogP contribution is -1.83. The molecular weight excluding hydrogens is 354 g/mol. The number of hydrogen-bond acceptors (Lipinski definition) is 2. The quantitative estimate of drug-likeness (QED) is 0.329. The Bertz CT molecular complexity index is 1140. The van der Waals surface area contributed by atoms with Crippen LogP contribution in [0.1, 0.15) is 0 Å². The van der Waals surface area contributed by atoms with Crippen molar-refractivity contribution >= 4 is 0 Å². The minimum Gasteiger partial charge on any atom is -0.444 e. The maximum absolute atomic E-state index is 5.83. The van der Waals surface area contributed by atoms with Gasteiger partial charge in [-0.2, -0.15) is 0 Å². The van der Waals surface area contributed by atoms with Gasteiger partial charge in [0, 0.05) is 11.1 Å². The number of rotatable bonds is 4. The first-order valence-corrected chi connectivity index (χ1v) is 9.64. The molecule has 5 rings (SSSR count). The van der Waals surface area contributed by atoms with Crippen molar-refractivity contribution in [1.29, 1.82) is 0 Å². The van der Waals surface area contributed by atoms with E-state index in [0.29, 0.717) is 5.89 Å². The van der Waals surface area contributed by atoms with Crippen LogP contribution in [0.5, 0.6) is 0 Å². The Morgan fingerprint density at radius 1 is 0.448 bits per heavy atom. The Hall–Kier alpha value is -3.91. The first-order valence-electron chi connectivity index (χ1n) is 9.64. The van der Waals surface area contributed by atoms with Crippen LogP contribution in [0.2, 0.25) is 0 Å². The molecule has 29 heavy (non-hydrogen) atoms. The molecule has 4 aromatic carbocycles. The highest BCUT2D eigenvalue weighted by molar-refractivity contribution is 5.73. The number of aromatic nitrogens is 1. The maximum atomic E-state index is 5.83. The lowest BCUT2D eigenvalue weighted by molar-refractivity contribution is 0.575. The highest BCUT2D eigenvalue weighted by atomic mass is 16.3. The van der Waals surface area contributed by atoms with Gasteiger partial charge >= 0.3 is 0 Å². The van der Waals surface area contributed by atoms with Crippen molar-refractivity contribution in [3.8, 4) is 45.0 Å². The molecule has 0 fully saturated rings. The summed E-state index contributed by atoms with van der Waals surface area (Å²) in [6.45, 7) is 0. The van der Waals surface area contributed by atoms with E-state index in [9.17, 15) is 0 Å². The molecule has 0 saturated carbocycles. The zero-order valence-electron chi connectivity index (χ0n) is 15.8. The van der Waals surface area contributed by atoms with Crippen molar-refractivity contribution in [2.24, 2.45) is 0 Å². The van der Waals surface area contributed by atoms with Crippen molar-refractivity contribution < 1.29 is 4.42 Å².